The van der Waals surface area contributed by atoms with Crippen LogP contribution in [0, 0.1) is 11.3 Å². The summed E-state index contributed by atoms with van der Waals surface area (Å²) in [6, 6.07) is 1.70. The third-order valence-electron chi connectivity index (χ3n) is 1.73. The van der Waals surface area contributed by atoms with Crippen LogP contribution in [0.25, 0.3) is 0 Å². The highest BCUT2D eigenvalue weighted by atomic mass is 32.2. The van der Waals surface area contributed by atoms with Crippen molar-refractivity contribution >= 4 is 10.0 Å². The maximum Gasteiger partial charge on any atom is 0.217 e. The fraction of sp³-hybridized carbons (Fsp3) is 0.875. The molecule has 0 spiro atoms. The standard InChI is InChI=1S/C8H16N2O2S/c1-7(2)10(6-5-9)13(11,12)8(3)4/h7-8H,6H2,1-4H3. The van der Waals surface area contributed by atoms with E-state index in [0.717, 1.165) is 0 Å². The van der Waals surface area contributed by atoms with Gasteiger partial charge in [0.2, 0.25) is 10.0 Å². The van der Waals surface area contributed by atoms with Gasteiger partial charge in [-0.2, -0.15) is 9.57 Å². The molecule has 0 saturated carbocycles. The number of hydrogen-bond acceptors (Lipinski definition) is 3. The van der Waals surface area contributed by atoms with Crippen LogP contribution in [0.3, 0.4) is 0 Å². The van der Waals surface area contributed by atoms with E-state index in [1.54, 1.807) is 27.7 Å². The Morgan fingerprint density at radius 1 is 1.31 bits per heavy atom. The molecule has 0 radical (unpaired) electrons. The van der Waals surface area contributed by atoms with Crippen molar-refractivity contribution in [2.75, 3.05) is 6.54 Å². The molecule has 0 heterocycles. The molecule has 0 bridgehead atoms. The summed E-state index contributed by atoms with van der Waals surface area (Å²) in [5, 5.41) is 8.01. The van der Waals surface area contributed by atoms with Gasteiger partial charge >= 0.3 is 0 Å². The monoisotopic (exact) mass is 204 g/mol. The van der Waals surface area contributed by atoms with Crippen molar-refractivity contribution in [1.82, 2.24) is 4.31 Å². The van der Waals surface area contributed by atoms with Crippen LogP contribution in [0.4, 0.5) is 0 Å². The molecule has 0 aromatic carbocycles. The van der Waals surface area contributed by atoms with Crippen LogP contribution in [0.5, 0.6) is 0 Å². The number of nitrogens with zero attached hydrogens (tertiary/aromatic N) is 2. The van der Waals surface area contributed by atoms with E-state index in [2.05, 4.69) is 0 Å². The molecule has 0 aliphatic carbocycles. The van der Waals surface area contributed by atoms with Gasteiger partial charge in [-0.1, -0.05) is 0 Å². The van der Waals surface area contributed by atoms with E-state index in [9.17, 15) is 8.42 Å². The third-order valence-corrected chi connectivity index (χ3v) is 4.12. The molecule has 0 fully saturated rings. The van der Waals surface area contributed by atoms with Gasteiger partial charge in [-0.15, -0.1) is 0 Å². The molecule has 0 unspecified atom stereocenters. The Hall–Kier alpha value is -0.600. The summed E-state index contributed by atoms with van der Waals surface area (Å²) in [6.07, 6.45) is 0. The van der Waals surface area contributed by atoms with E-state index in [-0.39, 0.29) is 12.6 Å². The van der Waals surface area contributed by atoms with Gasteiger partial charge in [0.15, 0.2) is 0 Å². The highest BCUT2D eigenvalue weighted by Gasteiger charge is 2.27. The number of hydrogen-bond donors (Lipinski definition) is 0. The molecule has 0 rings (SSSR count). The molecule has 0 N–H and O–H groups in total. The van der Waals surface area contributed by atoms with E-state index in [0.29, 0.717) is 0 Å². The molecular formula is C8H16N2O2S. The van der Waals surface area contributed by atoms with Gasteiger partial charge in [0.25, 0.3) is 0 Å². The minimum atomic E-state index is -3.29. The molecule has 0 atom stereocenters. The van der Waals surface area contributed by atoms with Gasteiger partial charge in [-0.25, -0.2) is 8.42 Å². The minimum Gasteiger partial charge on any atom is -0.212 e. The van der Waals surface area contributed by atoms with Gasteiger partial charge < -0.3 is 0 Å². The number of rotatable bonds is 4. The van der Waals surface area contributed by atoms with Gasteiger partial charge in [0.1, 0.15) is 6.54 Å². The lowest BCUT2D eigenvalue weighted by Crippen LogP contribution is -2.41. The molecule has 0 saturated heterocycles. The van der Waals surface area contributed by atoms with Crippen molar-refractivity contribution in [3.05, 3.63) is 0 Å². The summed E-state index contributed by atoms with van der Waals surface area (Å²) >= 11 is 0. The molecule has 5 heteroatoms. The Morgan fingerprint density at radius 3 is 2.00 bits per heavy atom. The lowest BCUT2D eigenvalue weighted by Gasteiger charge is -2.24. The van der Waals surface area contributed by atoms with Crippen LogP contribution >= 0.6 is 0 Å². The lowest BCUT2D eigenvalue weighted by atomic mass is 10.4. The number of sulfonamides is 1. The second-order valence-corrected chi connectivity index (χ2v) is 5.83. The van der Waals surface area contributed by atoms with E-state index in [4.69, 9.17) is 5.26 Å². The molecule has 0 aliphatic rings. The first-order chi connectivity index (χ1) is 5.84. The lowest BCUT2D eigenvalue weighted by molar-refractivity contribution is 0.381. The molecule has 0 amide bonds. The molecular weight excluding hydrogens is 188 g/mol. The highest BCUT2D eigenvalue weighted by Crippen LogP contribution is 2.11. The topological polar surface area (TPSA) is 61.2 Å². The Morgan fingerprint density at radius 2 is 1.77 bits per heavy atom. The van der Waals surface area contributed by atoms with Crippen molar-refractivity contribution in [2.24, 2.45) is 0 Å². The van der Waals surface area contributed by atoms with Crippen LogP contribution in [-0.4, -0.2) is 30.6 Å². The Balaban J connectivity index is 4.87. The highest BCUT2D eigenvalue weighted by molar-refractivity contribution is 7.89. The minimum absolute atomic E-state index is 0.0712. The van der Waals surface area contributed by atoms with E-state index in [1.807, 2.05) is 6.07 Å². The molecule has 4 nitrogen and oxygen atoms in total. The van der Waals surface area contributed by atoms with E-state index >= 15 is 0 Å². The molecule has 76 valence electrons. The maximum atomic E-state index is 11.6. The summed E-state index contributed by atoms with van der Waals surface area (Å²) in [4.78, 5) is 0. The van der Waals surface area contributed by atoms with Gasteiger partial charge in [-0.05, 0) is 27.7 Å². The zero-order chi connectivity index (χ0) is 10.6. The van der Waals surface area contributed by atoms with Crippen LogP contribution in [0.15, 0.2) is 0 Å². The Bertz CT molecular complexity index is 288. The summed E-state index contributed by atoms with van der Waals surface area (Å²) in [5.41, 5.74) is 0. The van der Waals surface area contributed by atoms with Crippen LogP contribution in [0.1, 0.15) is 27.7 Å². The smallest absolute Gasteiger partial charge is 0.212 e. The van der Waals surface area contributed by atoms with Crippen molar-refractivity contribution in [2.45, 2.75) is 39.0 Å². The Kier molecular flexibility index (Phi) is 4.37. The SMILES string of the molecule is CC(C)N(CC#N)S(=O)(=O)C(C)C. The van der Waals surface area contributed by atoms with Gasteiger partial charge in [-0.3, -0.25) is 0 Å². The van der Waals surface area contributed by atoms with Crippen molar-refractivity contribution in [3.8, 4) is 6.07 Å². The first-order valence-corrected chi connectivity index (χ1v) is 5.72. The van der Waals surface area contributed by atoms with E-state index < -0.39 is 15.3 Å². The van der Waals surface area contributed by atoms with Crippen LogP contribution in [-0.2, 0) is 10.0 Å². The van der Waals surface area contributed by atoms with Gasteiger partial charge in [0.05, 0.1) is 11.3 Å². The molecule has 0 aromatic heterocycles. The van der Waals surface area contributed by atoms with Crippen molar-refractivity contribution < 1.29 is 8.42 Å². The van der Waals surface area contributed by atoms with Crippen molar-refractivity contribution in [3.63, 3.8) is 0 Å². The summed E-state index contributed by atoms with van der Waals surface area (Å²) in [5.74, 6) is 0. The zero-order valence-electron chi connectivity index (χ0n) is 8.48. The van der Waals surface area contributed by atoms with Gasteiger partial charge in [0, 0.05) is 6.04 Å². The first kappa shape index (κ1) is 12.4. The Labute approximate surface area is 80.2 Å². The maximum absolute atomic E-state index is 11.6. The fourth-order valence-corrected chi connectivity index (χ4v) is 2.27. The summed E-state index contributed by atoms with van der Waals surface area (Å²) in [7, 11) is -3.29. The number of nitriles is 1. The fourth-order valence-electron chi connectivity index (χ4n) is 0.907. The quantitative estimate of drug-likeness (QED) is 0.641. The molecule has 13 heavy (non-hydrogen) atoms. The first-order valence-electron chi connectivity index (χ1n) is 4.21. The van der Waals surface area contributed by atoms with Crippen molar-refractivity contribution in [1.29, 1.82) is 5.26 Å². The average molecular weight is 204 g/mol. The molecule has 0 aliphatic heterocycles. The largest absolute Gasteiger partial charge is 0.217 e. The predicted molar refractivity (Wildman–Crippen MR) is 51.5 cm³/mol. The zero-order valence-corrected chi connectivity index (χ0v) is 9.30. The van der Waals surface area contributed by atoms with E-state index in [1.165, 1.54) is 4.31 Å². The average Bonchev–Trinajstić information content (AvgIpc) is 1.98. The summed E-state index contributed by atoms with van der Waals surface area (Å²) < 4.78 is 24.5. The third kappa shape index (κ3) is 2.98. The summed E-state index contributed by atoms with van der Waals surface area (Å²) in [6.45, 7) is 6.68. The second-order valence-electron chi connectivity index (χ2n) is 3.39. The second kappa shape index (κ2) is 4.58. The van der Waals surface area contributed by atoms with Crippen LogP contribution < -0.4 is 0 Å². The normalized spacial score (nSPS) is 12.5. The predicted octanol–water partition coefficient (Wildman–Crippen LogP) is 0.959. The van der Waals surface area contributed by atoms with Crippen LogP contribution in [0.2, 0.25) is 0 Å². The molecule has 0 aromatic rings.